The first-order chi connectivity index (χ1) is 12.0. The summed E-state index contributed by atoms with van der Waals surface area (Å²) in [6.07, 6.45) is 7.49. The minimum Gasteiger partial charge on any atom is -0.345 e. The van der Waals surface area contributed by atoms with Gasteiger partial charge in [0, 0.05) is 29.2 Å². The number of rotatable bonds is 4. The van der Waals surface area contributed by atoms with Crippen LogP contribution in [-0.2, 0) is 0 Å². The van der Waals surface area contributed by atoms with E-state index in [1.54, 1.807) is 18.7 Å². The highest BCUT2D eigenvalue weighted by atomic mass is 16.2. The number of pyridine rings is 1. The van der Waals surface area contributed by atoms with Crippen molar-refractivity contribution >= 4 is 11.6 Å². The van der Waals surface area contributed by atoms with Crippen LogP contribution in [0.2, 0.25) is 0 Å². The van der Waals surface area contributed by atoms with Gasteiger partial charge in [-0.05, 0) is 57.7 Å². The molecule has 0 aliphatic heterocycles. The van der Waals surface area contributed by atoms with Crippen molar-refractivity contribution < 1.29 is 4.79 Å². The summed E-state index contributed by atoms with van der Waals surface area (Å²) < 4.78 is 1.85. The van der Waals surface area contributed by atoms with E-state index >= 15 is 0 Å². The molecule has 1 N–H and O–H groups in total. The van der Waals surface area contributed by atoms with Crippen molar-refractivity contribution in [3.8, 4) is 11.3 Å². The Bertz CT molecular complexity index is 941. The Morgan fingerprint density at radius 2 is 2.16 bits per heavy atom. The van der Waals surface area contributed by atoms with Crippen molar-refractivity contribution in [2.24, 2.45) is 5.92 Å². The highest BCUT2D eigenvalue weighted by molar-refractivity contribution is 5.98. The molecule has 4 rings (SSSR count). The molecule has 3 aromatic rings. The maximum absolute atomic E-state index is 12.8. The second-order valence-electron chi connectivity index (χ2n) is 7.26. The summed E-state index contributed by atoms with van der Waals surface area (Å²) in [5.74, 6) is 0.376. The third-order valence-corrected chi connectivity index (χ3v) is 4.90. The van der Waals surface area contributed by atoms with E-state index in [2.05, 4.69) is 34.1 Å². The van der Waals surface area contributed by atoms with Gasteiger partial charge in [0.2, 0.25) is 0 Å². The lowest BCUT2D eigenvalue weighted by molar-refractivity contribution is 0.0900. The molecule has 128 valence electrons. The average Bonchev–Trinajstić information content (AvgIpc) is 3.36. The minimum atomic E-state index is -0.219. The lowest BCUT2D eigenvalue weighted by atomic mass is 9.98. The summed E-state index contributed by atoms with van der Waals surface area (Å²) in [7, 11) is 0. The van der Waals surface area contributed by atoms with Gasteiger partial charge in [-0.15, -0.1) is 0 Å². The molecule has 1 saturated carbocycles. The summed E-state index contributed by atoms with van der Waals surface area (Å²) in [5.41, 5.74) is 3.39. The van der Waals surface area contributed by atoms with Crippen molar-refractivity contribution in [3.05, 3.63) is 48.3 Å². The van der Waals surface area contributed by atoms with Gasteiger partial charge < -0.3 is 5.32 Å². The maximum Gasteiger partial charge on any atom is 0.274 e. The lowest BCUT2D eigenvalue weighted by Crippen LogP contribution is -2.45. The second-order valence-corrected chi connectivity index (χ2v) is 7.26. The summed E-state index contributed by atoms with van der Waals surface area (Å²) in [6.45, 7) is 6.12. The average molecular weight is 335 g/mol. The number of hydrogen-bond donors (Lipinski definition) is 1. The lowest BCUT2D eigenvalue weighted by Gasteiger charge is -2.25. The predicted molar refractivity (Wildman–Crippen MR) is 95.2 cm³/mol. The maximum atomic E-state index is 12.8. The van der Waals surface area contributed by atoms with E-state index in [9.17, 15) is 4.79 Å². The topological polar surface area (TPSA) is 72.2 Å². The van der Waals surface area contributed by atoms with E-state index in [0.717, 1.165) is 17.0 Å². The highest BCUT2D eigenvalue weighted by Gasteiger charge is 2.39. The van der Waals surface area contributed by atoms with Crippen molar-refractivity contribution in [1.82, 2.24) is 24.7 Å². The number of aromatic nitrogens is 4. The number of nitrogens with one attached hydrogen (secondary N) is 1. The molecule has 3 aromatic heterocycles. The van der Waals surface area contributed by atoms with E-state index in [1.807, 2.05) is 29.5 Å². The second kappa shape index (κ2) is 5.65. The van der Waals surface area contributed by atoms with Crippen molar-refractivity contribution in [2.75, 3.05) is 0 Å². The first-order valence-corrected chi connectivity index (χ1v) is 8.53. The number of nitrogens with zero attached hydrogens (tertiary/aromatic N) is 4. The van der Waals surface area contributed by atoms with Gasteiger partial charge in [-0.2, -0.15) is 0 Å². The molecule has 1 aliphatic carbocycles. The highest BCUT2D eigenvalue weighted by Crippen LogP contribution is 2.39. The Balaban J connectivity index is 1.75. The fourth-order valence-corrected chi connectivity index (χ4v) is 3.20. The van der Waals surface area contributed by atoms with Crippen LogP contribution in [0.5, 0.6) is 0 Å². The number of imidazole rings is 1. The third kappa shape index (κ3) is 2.88. The van der Waals surface area contributed by atoms with Gasteiger partial charge in [-0.1, -0.05) is 0 Å². The summed E-state index contributed by atoms with van der Waals surface area (Å²) in [5, 5.41) is 3.12. The number of aryl methyl sites for hydroxylation is 1. The van der Waals surface area contributed by atoms with Crippen molar-refractivity contribution in [1.29, 1.82) is 0 Å². The van der Waals surface area contributed by atoms with E-state index in [4.69, 9.17) is 0 Å². The van der Waals surface area contributed by atoms with Gasteiger partial charge in [-0.25, -0.2) is 9.97 Å². The zero-order valence-electron chi connectivity index (χ0n) is 14.7. The summed E-state index contributed by atoms with van der Waals surface area (Å²) in [4.78, 5) is 25.9. The largest absolute Gasteiger partial charge is 0.345 e. The molecule has 0 bridgehead atoms. The van der Waals surface area contributed by atoms with Gasteiger partial charge >= 0.3 is 0 Å². The number of carbonyl (C=O) groups is 1. The molecule has 25 heavy (non-hydrogen) atoms. The van der Waals surface area contributed by atoms with Crippen LogP contribution in [0.4, 0.5) is 0 Å². The van der Waals surface area contributed by atoms with Crippen LogP contribution < -0.4 is 5.32 Å². The predicted octanol–water partition coefficient (Wildman–Crippen LogP) is 3.02. The molecule has 1 amide bonds. The van der Waals surface area contributed by atoms with Crippen LogP contribution in [0.3, 0.4) is 0 Å². The Labute approximate surface area is 146 Å². The van der Waals surface area contributed by atoms with E-state index in [-0.39, 0.29) is 11.4 Å². The first-order valence-electron chi connectivity index (χ1n) is 8.53. The summed E-state index contributed by atoms with van der Waals surface area (Å²) in [6, 6.07) is 5.80. The molecule has 6 heteroatoms. The molecule has 0 saturated heterocycles. The number of amides is 1. The first kappa shape index (κ1) is 15.7. The Morgan fingerprint density at radius 3 is 2.84 bits per heavy atom. The molecule has 1 fully saturated rings. The molecule has 0 aromatic carbocycles. The van der Waals surface area contributed by atoms with Crippen LogP contribution in [0, 0.1) is 12.8 Å². The number of carbonyl (C=O) groups excluding carboxylic acids is 1. The van der Waals surface area contributed by atoms with Crippen LogP contribution in [-0.4, -0.2) is 30.8 Å². The third-order valence-electron chi connectivity index (χ3n) is 4.90. The fraction of sp³-hybridized carbons (Fsp3) is 0.368. The van der Waals surface area contributed by atoms with Crippen molar-refractivity contribution in [2.45, 2.75) is 39.2 Å². The SMILES string of the molecule is Cc1cc(-c2cccnc2)nc2c(C(=O)NC(C)(C)C3CC3)ncn12. The van der Waals surface area contributed by atoms with Gasteiger partial charge in [0.05, 0.1) is 5.69 Å². The zero-order chi connectivity index (χ0) is 17.6. The number of hydrogen-bond acceptors (Lipinski definition) is 4. The quantitative estimate of drug-likeness (QED) is 0.795. The van der Waals surface area contributed by atoms with Crippen molar-refractivity contribution in [3.63, 3.8) is 0 Å². The molecular formula is C19H21N5O. The van der Waals surface area contributed by atoms with Gasteiger partial charge in [0.15, 0.2) is 11.3 Å². The van der Waals surface area contributed by atoms with E-state index in [0.29, 0.717) is 17.3 Å². The van der Waals surface area contributed by atoms with Crippen LogP contribution >= 0.6 is 0 Å². The van der Waals surface area contributed by atoms with E-state index in [1.165, 1.54) is 12.8 Å². The smallest absolute Gasteiger partial charge is 0.274 e. The number of fused-ring (bicyclic) bond motifs is 1. The molecule has 3 heterocycles. The Kier molecular flexibility index (Phi) is 3.56. The van der Waals surface area contributed by atoms with Gasteiger partial charge in [-0.3, -0.25) is 14.2 Å². The summed E-state index contributed by atoms with van der Waals surface area (Å²) >= 11 is 0. The normalized spacial score (nSPS) is 14.7. The van der Waals surface area contributed by atoms with Gasteiger partial charge in [0.1, 0.15) is 6.33 Å². The van der Waals surface area contributed by atoms with Gasteiger partial charge in [0.25, 0.3) is 5.91 Å². The Morgan fingerprint density at radius 1 is 1.36 bits per heavy atom. The Hall–Kier alpha value is -2.76. The van der Waals surface area contributed by atoms with E-state index < -0.39 is 0 Å². The van der Waals surface area contributed by atoms with Crippen LogP contribution in [0.15, 0.2) is 36.9 Å². The molecule has 0 atom stereocenters. The standard InChI is InChI=1S/C19H21N5O/c1-12-9-15(13-5-4-8-20-10-13)22-17-16(21-11-24(12)17)18(25)23-19(2,3)14-6-7-14/h4-5,8-11,14H,6-7H2,1-3H3,(H,23,25). The molecule has 0 unspecified atom stereocenters. The van der Waals surface area contributed by atoms with Crippen LogP contribution in [0.1, 0.15) is 42.9 Å². The molecule has 6 nitrogen and oxygen atoms in total. The van der Waals surface area contributed by atoms with Crippen LogP contribution in [0.25, 0.3) is 16.9 Å². The molecule has 0 radical (unpaired) electrons. The molecular weight excluding hydrogens is 314 g/mol. The minimum absolute atomic E-state index is 0.172. The fourth-order valence-electron chi connectivity index (χ4n) is 3.20. The zero-order valence-corrected chi connectivity index (χ0v) is 14.7. The monoisotopic (exact) mass is 335 g/mol. The molecule has 1 aliphatic rings. The molecule has 0 spiro atoms.